The smallest absolute Gasteiger partial charge is 0.324 e. The average molecular weight is 268 g/mol. The van der Waals surface area contributed by atoms with Crippen LogP contribution in [-0.4, -0.2) is 16.9 Å². The van der Waals surface area contributed by atoms with Crippen LogP contribution in [0.15, 0.2) is 12.1 Å². The minimum absolute atomic E-state index is 0.0113. The molecular weight excluding hydrogens is 252 g/mol. The molecule has 98 valence electrons. The SMILES string of the molecule is CC1CCCC(NC(=O)c2ccc([N+](=O)[O-])s2)C1. The molecule has 6 heteroatoms. The fourth-order valence-electron chi connectivity index (χ4n) is 2.37. The van der Waals surface area contributed by atoms with Crippen LogP contribution < -0.4 is 5.32 Å². The zero-order valence-corrected chi connectivity index (χ0v) is 11.0. The number of amides is 1. The van der Waals surface area contributed by atoms with E-state index in [4.69, 9.17) is 0 Å². The topological polar surface area (TPSA) is 72.2 Å². The van der Waals surface area contributed by atoms with E-state index in [-0.39, 0.29) is 17.0 Å². The van der Waals surface area contributed by atoms with Crippen molar-refractivity contribution in [2.45, 2.75) is 38.6 Å². The number of hydrogen-bond acceptors (Lipinski definition) is 4. The van der Waals surface area contributed by atoms with Crippen molar-refractivity contribution in [3.8, 4) is 0 Å². The molecule has 0 aliphatic heterocycles. The van der Waals surface area contributed by atoms with Gasteiger partial charge in [-0.1, -0.05) is 31.1 Å². The van der Waals surface area contributed by atoms with Gasteiger partial charge in [0.2, 0.25) is 0 Å². The first-order valence-corrected chi connectivity index (χ1v) is 6.93. The van der Waals surface area contributed by atoms with E-state index >= 15 is 0 Å². The molecule has 1 saturated carbocycles. The summed E-state index contributed by atoms with van der Waals surface area (Å²) in [6, 6.07) is 3.11. The van der Waals surface area contributed by atoms with Gasteiger partial charge in [-0.2, -0.15) is 0 Å². The van der Waals surface area contributed by atoms with Crippen molar-refractivity contribution in [1.29, 1.82) is 0 Å². The fraction of sp³-hybridized carbons (Fsp3) is 0.583. The summed E-state index contributed by atoms with van der Waals surface area (Å²) in [6.07, 6.45) is 4.36. The molecule has 2 rings (SSSR count). The molecule has 1 aliphatic carbocycles. The number of carbonyl (C=O) groups is 1. The van der Waals surface area contributed by atoms with Crippen LogP contribution in [0.25, 0.3) is 0 Å². The lowest BCUT2D eigenvalue weighted by atomic mass is 9.87. The van der Waals surface area contributed by atoms with Crippen LogP contribution in [0.1, 0.15) is 42.3 Å². The Bertz CT molecular complexity index is 458. The van der Waals surface area contributed by atoms with Crippen LogP contribution in [0.3, 0.4) is 0 Å². The first-order valence-electron chi connectivity index (χ1n) is 6.11. The molecule has 0 spiro atoms. The van der Waals surface area contributed by atoms with Crippen LogP contribution >= 0.6 is 11.3 Å². The summed E-state index contributed by atoms with van der Waals surface area (Å²) in [4.78, 5) is 22.4. The molecule has 1 aromatic heterocycles. The van der Waals surface area contributed by atoms with Crippen molar-refractivity contribution in [3.63, 3.8) is 0 Å². The molecule has 1 amide bonds. The van der Waals surface area contributed by atoms with E-state index in [0.717, 1.165) is 30.6 Å². The maximum atomic E-state index is 11.9. The van der Waals surface area contributed by atoms with E-state index in [9.17, 15) is 14.9 Å². The summed E-state index contributed by atoms with van der Waals surface area (Å²) >= 11 is 0.927. The highest BCUT2D eigenvalue weighted by atomic mass is 32.1. The van der Waals surface area contributed by atoms with Crippen LogP contribution in [0.5, 0.6) is 0 Å². The Labute approximate surface area is 109 Å². The van der Waals surface area contributed by atoms with E-state index < -0.39 is 4.92 Å². The molecule has 0 saturated heterocycles. The second kappa shape index (κ2) is 5.48. The van der Waals surface area contributed by atoms with Gasteiger partial charge in [-0.25, -0.2) is 0 Å². The molecule has 2 atom stereocenters. The molecule has 18 heavy (non-hydrogen) atoms. The molecule has 0 aromatic carbocycles. The summed E-state index contributed by atoms with van der Waals surface area (Å²) in [5, 5.41) is 13.5. The Kier molecular flexibility index (Phi) is 3.96. The van der Waals surface area contributed by atoms with Crippen LogP contribution in [0, 0.1) is 16.0 Å². The monoisotopic (exact) mass is 268 g/mol. The highest BCUT2D eigenvalue weighted by Gasteiger charge is 2.22. The maximum Gasteiger partial charge on any atom is 0.324 e. The molecule has 1 aromatic rings. The largest absolute Gasteiger partial charge is 0.349 e. The first-order chi connectivity index (χ1) is 8.56. The molecule has 0 bridgehead atoms. The molecular formula is C12H16N2O3S. The maximum absolute atomic E-state index is 11.9. The Morgan fingerprint density at radius 3 is 2.89 bits per heavy atom. The lowest BCUT2D eigenvalue weighted by Gasteiger charge is -2.27. The Morgan fingerprint density at radius 1 is 1.50 bits per heavy atom. The number of rotatable bonds is 3. The Morgan fingerprint density at radius 2 is 2.28 bits per heavy atom. The molecule has 1 aliphatic rings. The van der Waals surface area contributed by atoms with Crippen LogP contribution in [0.4, 0.5) is 5.00 Å². The third-order valence-electron chi connectivity index (χ3n) is 3.27. The predicted octanol–water partition coefficient (Wildman–Crippen LogP) is 2.96. The number of nitro groups is 1. The van der Waals surface area contributed by atoms with Crippen molar-refractivity contribution in [1.82, 2.24) is 5.32 Å². The zero-order chi connectivity index (χ0) is 13.1. The van der Waals surface area contributed by atoms with Gasteiger partial charge in [0.1, 0.15) is 0 Å². The zero-order valence-electron chi connectivity index (χ0n) is 10.2. The van der Waals surface area contributed by atoms with Gasteiger partial charge in [0.25, 0.3) is 5.91 Å². The van der Waals surface area contributed by atoms with Gasteiger partial charge >= 0.3 is 5.00 Å². The third-order valence-corrected chi connectivity index (χ3v) is 4.30. The van der Waals surface area contributed by atoms with Crippen molar-refractivity contribution >= 4 is 22.2 Å². The van der Waals surface area contributed by atoms with E-state index in [2.05, 4.69) is 12.2 Å². The van der Waals surface area contributed by atoms with Crippen molar-refractivity contribution in [2.24, 2.45) is 5.92 Å². The lowest BCUT2D eigenvalue weighted by molar-refractivity contribution is -0.380. The van der Waals surface area contributed by atoms with E-state index in [1.807, 2.05) is 0 Å². The van der Waals surface area contributed by atoms with Crippen LogP contribution in [-0.2, 0) is 0 Å². The summed E-state index contributed by atoms with van der Waals surface area (Å²) < 4.78 is 0. The van der Waals surface area contributed by atoms with E-state index in [1.165, 1.54) is 18.6 Å². The second-order valence-corrected chi connectivity index (χ2v) is 5.90. The predicted molar refractivity (Wildman–Crippen MR) is 69.9 cm³/mol. The number of carbonyl (C=O) groups excluding carboxylic acids is 1. The van der Waals surface area contributed by atoms with Crippen molar-refractivity contribution in [2.75, 3.05) is 0 Å². The number of nitrogens with zero attached hydrogens (tertiary/aromatic N) is 1. The van der Waals surface area contributed by atoms with E-state index in [1.54, 1.807) is 0 Å². The quantitative estimate of drug-likeness (QED) is 0.676. The summed E-state index contributed by atoms with van der Waals surface area (Å²) in [7, 11) is 0. The standard InChI is InChI=1S/C12H16N2O3S/c1-8-3-2-4-9(7-8)13-12(15)10-5-6-11(18-10)14(16)17/h5-6,8-9H,2-4,7H2,1H3,(H,13,15). The minimum Gasteiger partial charge on any atom is -0.349 e. The summed E-state index contributed by atoms with van der Waals surface area (Å²) in [5.41, 5.74) is 0. The Balaban J connectivity index is 1.96. The molecule has 0 radical (unpaired) electrons. The number of hydrogen-bond donors (Lipinski definition) is 1. The Hall–Kier alpha value is -1.43. The first kappa shape index (κ1) is 13.0. The van der Waals surface area contributed by atoms with Gasteiger partial charge in [-0.05, 0) is 24.8 Å². The molecule has 1 N–H and O–H groups in total. The van der Waals surface area contributed by atoms with Gasteiger partial charge in [-0.3, -0.25) is 14.9 Å². The third kappa shape index (κ3) is 3.07. The normalized spacial score (nSPS) is 23.6. The van der Waals surface area contributed by atoms with Crippen molar-refractivity contribution in [3.05, 3.63) is 27.1 Å². The van der Waals surface area contributed by atoms with Crippen LogP contribution in [0.2, 0.25) is 0 Å². The van der Waals surface area contributed by atoms with Crippen molar-refractivity contribution < 1.29 is 9.72 Å². The molecule has 1 heterocycles. The highest BCUT2D eigenvalue weighted by Crippen LogP contribution is 2.26. The minimum atomic E-state index is -0.468. The lowest BCUT2D eigenvalue weighted by Crippen LogP contribution is -2.37. The van der Waals surface area contributed by atoms with E-state index in [0.29, 0.717) is 10.8 Å². The molecule has 5 nitrogen and oxygen atoms in total. The van der Waals surface area contributed by atoms with Gasteiger partial charge in [0.05, 0.1) is 9.80 Å². The summed E-state index contributed by atoms with van der Waals surface area (Å²) in [5.74, 6) is 0.453. The fourth-order valence-corrected chi connectivity index (χ4v) is 3.09. The highest BCUT2D eigenvalue weighted by molar-refractivity contribution is 7.17. The molecule has 1 fully saturated rings. The number of thiophene rings is 1. The summed E-state index contributed by atoms with van der Waals surface area (Å²) in [6.45, 7) is 2.19. The molecule has 2 unspecified atom stereocenters. The van der Waals surface area contributed by atoms with Gasteiger partial charge < -0.3 is 5.32 Å². The second-order valence-electron chi connectivity index (χ2n) is 4.84. The number of nitrogens with one attached hydrogen (secondary N) is 1. The van der Waals surface area contributed by atoms with Gasteiger partial charge in [0.15, 0.2) is 0 Å². The van der Waals surface area contributed by atoms with Gasteiger partial charge in [-0.15, -0.1) is 0 Å². The van der Waals surface area contributed by atoms with Gasteiger partial charge in [0, 0.05) is 12.1 Å². The average Bonchev–Trinajstić information content (AvgIpc) is 2.78.